The zero-order chi connectivity index (χ0) is 11.7. The number of benzene rings is 1. The van der Waals surface area contributed by atoms with Gasteiger partial charge in [0, 0.05) is 16.1 Å². The van der Waals surface area contributed by atoms with Gasteiger partial charge in [-0.2, -0.15) is 0 Å². The molecule has 0 bridgehead atoms. The lowest BCUT2D eigenvalue weighted by Crippen LogP contribution is -1.85. The number of nitrogens with zero attached hydrogens (tertiary/aromatic N) is 1. The molecule has 4 heteroatoms. The lowest BCUT2D eigenvalue weighted by Gasteiger charge is -1.99. The van der Waals surface area contributed by atoms with Crippen molar-refractivity contribution in [3.05, 3.63) is 40.1 Å². The van der Waals surface area contributed by atoms with Crippen molar-refractivity contribution >= 4 is 15.9 Å². The smallest absolute Gasteiger partial charge is 0.165 e. The summed E-state index contributed by atoms with van der Waals surface area (Å²) in [5.41, 5.74) is 2.86. The quantitative estimate of drug-likeness (QED) is 0.917. The van der Waals surface area contributed by atoms with Crippen LogP contribution >= 0.6 is 15.9 Å². The van der Waals surface area contributed by atoms with Gasteiger partial charge in [0.1, 0.15) is 11.8 Å². The second kappa shape index (κ2) is 4.39. The first-order valence-corrected chi connectivity index (χ1v) is 5.78. The number of rotatable bonds is 2. The molecule has 1 aromatic heterocycles. The summed E-state index contributed by atoms with van der Waals surface area (Å²) in [4.78, 5) is 0. The molecule has 3 nitrogen and oxygen atoms in total. The first kappa shape index (κ1) is 11.4. The number of hydrogen-bond donors (Lipinski definition) is 1. The molecule has 0 radical (unpaired) electrons. The lowest BCUT2D eigenvalue weighted by atomic mass is 10.1. The van der Waals surface area contributed by atoms with Gasteiger partial charge in [-0.25, -0.2) is 0 Å². The summed E-state index contributed by atoms with van der Waals surface area (Å²) >= 11 is 3.44. The van der Waals surface area contributed by atoms with Gasteiger partial charge in [-0.05, 0) is 37.6 Å². The first-order valence-electron chi connectivity index (χ1n) is 4.98. The maximum absolute atomic E-state index is 9.35. The van der Waals surface area contributed by atoms with Gasteiger partial charge in [0.05, 0.1) is 0 Å². The Hall–Kier alpha value is -1.13. The molecule has 16 heavy (non-hydrogen) atoms. The van der Waals surface area contributed by atoms with Gasteiger partial charge in [0.25, 0.3) is 0 Å². The maximum atomic E-state index is 9.35. The average Bonchev–Trinajstić information content (AvgIpc) is 2.64. The van der Waals surface area contributed by atoms with Crippen molar-refractivity contribution in [3.63, 3.8) is 0 Å². The van der Waals surface area contributed by atoms with E-state index in [9.17, 15) is 5.11 Å². The Morgan fingerprint density at radius 2 is 2.06 bits per heavy atom. The highest BCUT2D eigenvalue weighted by atomic mass is 79.9. The van der Waals surface area contributed by atoms with Crippen LogP contribution in [-0.2, 0) is 0 Å². The number of aliphatic hydroxyl groups excluding tert-OH is 1. The van der Waals surface area contributed by atoms with Crippen LogP contribution < -0.4 is 0 Å². The SMILES string of the molecule is Cc1cc(Br)cc(-c2cc(C(C)O)on2)c1. The van der Waals surface area contributed by atoms with Crippen LogP contribution in [0.3, 0.4) is 0 Å². The number of aryl methyl sites for hydroxylation is 1. The van der Waals surface area contributed by atoms with Crippen LogP contribution in [0.15, 0.2) is 33.3 Å². The molecule has 1 atom stereocenters. The molecular weight excluding hydrogens is 270 g/mol. The Bertz CT molecular complexity index is 485. The van der Waals surface area contributed by atoms with Gasteiger partial charge >= 0.3 is 0 Å². The highest BCUT2D eigenvalue weighted by Gasteiger charge is 2.11. The molecule has 0 amide bonds. The van der Waals surface area contributed by atoms with Gasteiger partial charge in [0.15, 0.2) is 5.76 Å². The van der Waals surface area contributed by atoms with Crippen LogP contribution in [0.1, 0.15) is 24.4 Å². The Balaban J connectivity index is 2.42. The van der Waals surface area contributed by atoms with Crippen LogP contribution in [0, 0.1) is 6.92 Å². The molecule has 0 fully saturated rings. The molecule has 1 heterocycles. The molecule has 84 valence electrons. The van der Waals surface area contributed by atoms with Gasteiger partial charge in [-0.3, -0.25) is 0 Å². The molecule has 0 aliphatic rings. The number of hydrogen-bond acceptors (Lipinski definition) is 3. The Morgan fingerprint density at radius 1 is 1.31 bits per heavy atom. The van der Waals surface area contributed by atoms with Crippen molar-refractivity contribution in [2.24, 2.45) is 0 Å². The van der Waals surface area contributed by atoms with E-state index in [0.29, 0.717) is 5.76 Å². The molecular formula is C12H12BrNO2. The second-order valence-electron chi connectivity index (χ2n) is 3.81. The van der Waals surface area contributed by atoms with E-state index in [1.54, 1.807) is 13.0 Å². The molecule has 0 saturated carbocycles. The van der Waals surface area contributed by atoms with E-state index in [1.807, 2.05) is 25.1 Å². The summed E-state index contributed by atoms with van der Waals surface area (Å²) in [7, 11) is 0. The fourth-order valence-corrected chi connectivity index (χ4v) is 2.11. The fraction of sp³-hybridized carbons (Fsp3) is 0.250. The minimum atomic E-state index is -0.630. The van der Waals surface area contributed by atoms with E-state index in [2.05, 4.69) is 21.1 Å². The van der Waals surface area contributed by atoms with Crippen molar-refractivity contribution in [2.45, 2.75) is 20.0 Å². The molecule has 0 aliphatic heterocycles. The molecule has 2 rings (SSSR count). The zero-order valence-electron chi connectivity index (χ0n) is 9.07. The fourth-order valence-electron chi connectivity index (χ4n) is 1.51. The second-order valence-corrected chi connectivity index (χ2v) is 4.72. The Labute approximate surface area is 102 Å². The third-order valence-electron chi connectivity index (χ3n) is 2.28. The monoisotopic (exact) mass is 281 g/mol. The summed E-state index contributed by atoms with van der Waals surface area (Å²) in [6, 6.07) is 7.77. The lowest BCUT2D eigenvalue weighted by molar-refractivity contribution is 0.158. The van der Waals surface area contributed by atoms with E-state index in [-0.39, 0.29) is 0 Å². The van der Waals surface area contributed by atoms with Crippen molar-refractivity contribution in [1.29, 1.82) is 0 Å². The Morgan fingerprint density at radius 3 is 2.62 bits per heavy atom. The number of aromatic nitrogens is 1. The summed E-state index contributed by atoms with van der Waals surface area (Å²) in [5, 5.41) is 13.3. The molecule has 0 saturated heterocycles. The third-order valence-corrected chi connectivity index (χ3v) is 2.74. The van der Waals surface area contributed by atoms with Gasteiger partial charge < -0.3 is 9.63 Å². The van der Waals surface area contributed by atoms with E-state index in [0.717, 1.165) is 21.3 Å². The van der Waals surface area contributed by atoms with Crippen molar-refractivity contribution in [3.8, 4) is 11.3 Å². The molecule has 0 aliphatic carbocycles. The van der Waals surface area contributed by atoms with Crippen LogP contribution in [0.5, 0.6) is 0 Å². The third kappa shape index (κ3) is 2.33. The first-order chi connectivity index (χ1) is 7.56. The zero-order valence-corrected chi connectivity index (χ0v) is 10.7. The van der Waals surface area contributed by atoms with Crippen LogP contribution in [0.25, 0.3) is 11.3 Å². The summed E-state index contributed by atoms with van der Waals surface area (Å²) in [5.74, 6) is 0.479. The summed E-state index contributed by atoms with van der Waals surface area (Å²) in [6.45, 7) is 3.67. The molecule has 0 spiro atoms. The number of halogens is 1. The van der Waals surface area contributed by atoms with Crippen molar-refractivity contribution in [1.82, 2.24) is 5.16 Å². The van der Waals surface area contributed by atoms with E-state index < -0.39 is 6.10 Å². The summed E-state index contributed by atoms with van der Waals surface area (Å²) < 4.78 is 6.05. The largest absolute Gasteiger partial charge is 0.385 e. The van der Waals surface area contributed by atoms with E-state index in [1.165, 1.54) is 0 Å². The van der Waals surface area contributed by atoms with Gasteiger partial charge in [-0.1, -0.05) is 21.1 Å². The minimum Gasteiger partial charge on any atom is -0.385 e. The van der Waals surface area contributed by atoms with E-state index >= 15 is 0 Å². The van der Waals surface area contributed by atoms with Gasteiger partial charge in [0.2, 0.25) is 0 Å². The Kier molecular flexibility index (Phi) is 3.12. The molecule has 1 N–H and O–H groups in total. The highest BCUT2D eigenvalue weighted by Crippen LogP contribution is 2.26. The van der Waals surface area contributed by atoms with E-state index in [4.69, 9.17) is 4.52 Å². The maximum Gasteiger partial charge on any atom is 0.165 e. The predicted octanol–water partition coefficient (Wildman–Crippen LogP) is 3.47. The average molecular weight is 282 g/mol. The molecule has 2 aromatic rings. The predicted molar refractivity (Wildman–Crippen MR) is 65.0 cm³/mol. The number of aliphatic hydroxyl groups is 1. The van der Waals surface area contributed by atoms with Crippen LogP contribution in [-0.4, -0.2) is 10.3 Å². The van der Waals surface area contributed by atoms with Crippen LogP contribution in [0.4, 0.5) is 0 Å². The topological polar surface area (TPSA) is 46.3 Å². The van der Waals surface area contributed by atoms with Gasteiger partial charge in [-0.15, -0.1) is 0 Å². The normalized spacial score (nSPS) is 12.8. The van der Waals surface area contributed by atoms with Crippen LogP contribution in [0.2, 0.25) is 0 Å². The molecule has 1 aromatic carbocycles. The summed E-state index contributed by atoms with van der Waals surface area (Å²) in [6.07, 6.45) is -0.630. The molecule has 1 unspecified atom stereocenters. The van der Waals surface area contributed by atoms with Crippen molar-refractivity contribution in [2.75, 3.05) is 0 Å². The minimum absolute atomic E-state index is 0.479. The van der Waals surface area contributed by atoms with Crippen molar-refractivity contribution < 1.29 is 9.63 Å². The highest BCUT2D eigenvalue weighted by molar-refractivity contribution is 9.10. The standard InChI is InChI=1S/C12H12BrNO2/c1-7-3-9(5-10(13)4-7)11-6-12(8(2)15)16-14-11/h3-6,8,15H,1-2H3.